The number of carbonyl (C=O) groups is 1. The van der Waals surface area contributed by atoms with Gasteiger partial charge in [0, 0.05) is 12.6 Å². The monoisotopic (exact) mass is 366 g/mol. The lowest BCUT2D eigenvalue weighted by Crippen LogP contribution is -2.34. The van der Waals surface area contributed by atoms with Gasteiger partial charge in [0.1, 0.15) is 0 Å². The van der Waals surface area contributed by atoms with Gasteiger partial charge in [0.25, 0.3) is 0 Å². The van der Waals surface area contributed by atoms with Crippen molar-refractivity contribution in [3.05, 3.63) is 17.5 Å². The molecular formula is C17H26N4OS2. The summed E-state index contributed by atoms with van der Waals surface area (Å²) < 4.78 is 2.06. The zero-order valence-corrected chi connectivity index (χ0v) is 16.4. The maximum atomic E-state index is 12.1. The molecule has 0 aliphatic carbocycles. The normalized spacial score (nSPS) is 12.5. The molecule has 1 atom stereocenters. The predicted octanol–water partition coefficient (Wildman–Crippen LogP) is 4.06. The second-order valence-corrected chi connectivity index (χ2v) is 8.15. The summed E-state index contributed by atoms with van der Waals surface area (Å²) in [6, 6.07) is 4.26. The largest absolute Gasteiger partial charge is 0.353 e. The minimum absolute atomic E-state index is 0.0552. The van der Waals surface area contributed by atoms with Crippen LogP contribution >= 0.6 is 23.1 Å². The van der Waals surface area contributed by atoms with Gasteiger partial charge in [0.15, 0.2) is 11.0 Å². The van der Waals surface area contributed by atoms with E-state index in [1.54, 1.807) is 11.3 Å². The van der Waals surface area contributed by atoms with Gasteiger partial charge in [-0.25, -0.2) is 0 Å². The van der Waals surface area contributed by atoms with Crippen molar-refractivity contribution in [3.8, 4) is 10.7 Å². The topological polar surface area (TPSA) is 59.8 Å². The number of nitrogens with zero attached hydrogens (tertiary/aromatic N) is 3. The van der Waals surface area contributed by atoms with Gasteiger partial charge in [-0.05, 0) is 44.1 Å². The molecule has 2 aromatic rings. The zero-order chi connectivity index (χ0) is 17.5. The Hall–Kier alpha value is -1.34. The van der Waals surface area contributed by atoms with Crippen molar-refractivity contribution in [2.24, 2.45) is 5.92 Å². The van der Waals surface area contributed by atoms with E-state index in [4.69, 9.17) is 0 Å². The first-order valence-electron chi connectivity index (χ1n) is 8.40. The molecule has 0 saturated heterocycles. The summed E-state index contributed by atoms with van der Waals surface area (Å²) >= 11 is 3.09. The van der Waals surface area contributed by atoms with E-state index in [1.807, 2.05) is 17.5 Å². The number of hydrogen-bond donors (Lipinski definition) is 1. The smallest absolute Gasteiger partial charge is 0.230 e. The Morgan fingerprint density at radius 2 is 2.12 bits per heavy atom. The minimum atomic E-state index is 0.0552. The molecule has 7 heteroatoms. The van der Waals surface area contributed by atoms with E-state index >= 15 is 0 Å². The third kappa shape index (κ3) is 5.34. The van der Waals surface area contributed by atoms with Gasteiger partial charge in [-0.3, -0.25) is 4.79 Å². The van der Waals surface area contributed by atoms with Crippen molar-refractivity contribution in [2.45, 2.75) is 58.3 Å². The molecule has 2 aromatic heterocycles. The average Bonchev–Trinajstić information content (AvgIpc) is 3.19. The molecule has 24 heavy (non-hydrogen) atoms. The van der Waals surface area contributed by atoms with Gasteiger partial charge in [0.05, 0.1) is 10.6 Å². The van der Waals surface area contributed by atoms with Crippen LogP contribution in [0.5, 0.6) is 0 Å². The lowest BCUT2D eigenvalue weighted by molar-refractivity contribution is -0.119. The maximum absolute atomic E-state index is 12.1. The molecule has 0 aliphatic rings. The summed E-state index contributed by atoms with van der Waals surface area (Å²) in [5, 5.41) is 14.4. The molecule has 1 unspecified atom stereocenters. The Bertz CT molecular complexity index is 637. The van der Waals surface area contributed by atoms with Crippen LogP contribution < -0.4 is 5.32 Å². The average molecular weight is 367 g/mol. The molecule has 0 radical (unpaired) electrons. The van der Waals surface area contributed by atoms with Gasteiger partial charge < -0.3 is 9.88 Å². The molecule has 0 aromatic carbocycles. The first-order valence-corrected chi connectivity index (χ1v) is 10.3. The van der Waals surface area contributed by atoms with Crippen LogP contribution in [-0.2, 0) is 11.3 Å². The van der Waals surface area contributed by atoms with Crippen LogP contribution in [0.3, 0.4) is 0 Å². The third-order valence-corrected chi connectivity index (χ3v) is 5.52. The third-order valence-electron chi connectivity index (χ3n) is 3.69. The Balaban J connectivity index is 1.89. The van der Waals surface area contributed by atoms with Crippen molar-refractivity contribution in [2.75, 3.05) is 5.75 Å². The zero-order valence-electron chi connectivity index (χ0n) is 14.8. The molecule has 1 amide bonds. The van der Waals surface area contributed by atoms with E-state index in [1.165, 1.54) is 11.8 Å². The fourth-order valence-corrected chi connectivity index (χ4v) is 3.90. The van der Waals surface area contributed by atoms with E-state index in [0.29, 0.717) is 11.7 Å². The molecule has 0 bridgehead atoms. The van der Waals surface area contributed by atoms with Crippen LogP contribution in [0.1, 0.15) is 40.5 Å². The second-order valence-electron chi connectivity index (χ2n) is 6.26. The van der Waals surface area contributed by atoms with E-state index in [0.717, 1.165) is 35.2 Å². The van der Waals surface area contributed by atoms with Crippen molar-refractivity contribution >= 4 is 29.0 Å². The highest BCUT2D eigenvalue weighted by Crippen LogP contribution is 2.27. The SMILES string of the molecule is CCn1c(SCC(=O)NC(C)CCC(C)C)nnc1-c1cccs1. The van der Waals surface area contributed by atoms with E-state index in [-0.39, 0.29) is 11.9 Å². The second kappa shape index (κ2) is 9.22. The highest BCUT2D eigenvalue weighted by atomic mass is 32.2. The first kappa shape index (κ1) is 19.0. The van der Waals surface area contributed by atoms with Gasteiger partial charge in [-0.1, -0.05) is 31.7 Å². The van der Waals surface area contributed by atoms with Gasteiger partial charge in [-0.15, -0.1) is 21.5 Å². The number of thiophene rings is 1. The molecule has 5 nitrogen and oxygen atoms in total. The van der Waals surface area contributed by atoms with Gasteiger partial charge in [-0.2, -0.15) is 0 Å². The van der Waals surface area contributed by atoms with Crippen LogP contribution in [0, 0.1) is 5.92 Å². The van der Waals surface area contributed by atoms with Crippen molar-refractivity contribution in [3.63, 3.8) is 0 Å². The number of carbonyl (C=O) groups excluding carboxylic acids is 1. The number of aromatic nitrogens is 3. The Kier molecular flexibility index (Phi) is 7.30. The number of amides is 1. The quantitative estimate of drug-likeness (QED) is 0.680. The first-order chi connectivity index (χ1) is 11.5. The summed E-state index contributed by atoms with van der Waals surface area (Å²) in [5.41, 5.74) is 0. The molecule has 2 rings (SSSR count). The molecule has 0 saturated carbocycles. The molecule has 0 fully saturated rings. The van der Waals surface area contributed by atoms with Crippen molar-refractivity contribution < 1.29 is 4.79 Å². The van der Waals surface area contributed by atoms with Crippen molar-refractivity contribution in [1.29, 1.82) is 0 Å². The fraction of sp³-hybridized carbons (Fsp3) is 0.588. The lowest BCUT2D eigenvalue weighted by Gasteiger charge is -2.15. The fourth-order valence-electron chi connectivity index (χ4n) is 2.37. The molecule has 0 spiro atoms. The maximum Gasteiger partial charge on any atom is 0.230 e. The van der Waals surface area contributed by atoms with E-state index in [2.05, 4.69) is 47.8 Å². The highest BCUT2D eigenvalue weighted by molar-refractivity contribution is 7.99. The van der Waals surface area contributed by atoms with E-state index in [9.17, 15) is 4.79 Å². The van der Waals surface area contributed by atoms with E-state index < -0.39 is 0 Å². The van der Waals surface area contributed by atoms with Crippen LogP contribution in [0.25, 0.3) is 10.7 Å². The summed E-state index contributed by atoms with van der Waals surface area (Å²) in [4.78, 5) is 13.2. The summed E-state index contributed by atoms with van der Waals surface area (Å²) in [7, 11) is 0. The number of nitrogens with one attached hydrogen (secondary N) is 1. The number of thioether (sulfide) groups is 1. The summed E-state index contributed by atoms with van der Waals surface area (Å²) in [6.07, 6.45) is 2.14. The van der Waals surface area contributed by atoms with Crippen molar-refractivity contribution in [1.82, 2.24) is 20.1 Å². The number of rotatable bonds is 9. The minimum Gasteiger partial charge on any atom is -0.353 e. The Labute approximate surface area is 152 Å². The molecule has 1 N–H and O–H groups in total. The Morgan fingerprint density at radius 1 is 1.33 bits per heavy atom. The van der Waals surface area contributed by atoms with Crippen LogP contribution in [0.2, 0.25) is 0 Å². The van der Waals surface area contributed by atoms with Gasteiger partial charge in [0.2, 0.25) is 5.91 Å². The lowest BCUT2D eigenvalue weighted by atomic mass is 10.0. The Morgan fingerprint density at radius 3 is 2.75 bits per heavy atom. The predicted molar refractivity (Wildman–Crippen MR) is 101 cm³/mol. The standard InChI is InChI=1S/C17H26N4OS2/c1-5-21-16(14-7-6-10-23-14)19-20-17(21)24-11-15(22)18-13(4)9-8-12(2)3/h6-7,10,12-13H,5,8-9,11H2,1-4H3,(H,18,22). The molecular weight excluding hydrogens is 340 g/mol. The van der Waals surface area contributed by atoms with Crippen LogP contribution in [0.4, 0.5) is 0 Å². The summed E-state index contributed by atoms with van der Waals surface area (Å²) in [6.45, 7) is 9.32. The molecule has 0 aliphatic heterocycles. The summed E-state index contributed by atoms with van der Waals surface area (Å²) in [5.74, 6) is 1.96. The van der Waals surface area contributed by atoms with Crippen LogP contribution in [-0.4, -0.2) is 32.5 Å². The highest BCUT2D eigenvalue weighted by Gasteiger charge is 2.15. The van der Waals surface area contributed by atoms with Gasteiger partial charge >= 0.3 is 0 Å². The van der Waals surface area contributed by atoms with Crippen LogP contribution in [0.15, 0.2) is 22.7 Å². The molecule has 2 heterocycles. The molecule has 132 valence electrons. The number of hydrogen-bond acceptors (Lipinski definition) is 5.